The Morgan fingerprint density at radius 2 is 2.07 bits per heavy atom. The maximum absolute atomic E-state index is 13.3. The number of halogens is 1. The van der Waals surface area contributed by atoms with Gasteiger partial charge >= 0.3 is 0 Å². The molecule has 0 saturated carbocycles. The molecule has 0 aliphatic heterocycles. The maximum Gasteiger partial charge on any atom is 0.226 e. The van der Waals surface area contributed by atoms with Crippen LogP contribution >= 0.6 is 22.7 Å². The van der Waals surface area contributed by atoms with Gasteiger partial charge in [-0.1, -0.05) is 18.2 Å². The number of nitrogens with one attached hydrogen (secondary N) is 1. The third-order valence-corrected chi connectivity index (χ3v) is 6.18. The molecule has 1 atom stereocenters. The summed E-state index contributed by atoms with van der Waals surface area (Å²) in [6.07, 6.45) is 3.65. The van der Waals surface area contributed by atoms with Crippen molar-refractivity contribution < 1.29 is 9.18 Å². The lowest BCUT2D eigenvalue weighted by Crippen LogP contribution is -2.32. The molecule has 0 aliphatic carbocycles. The summed E-state index contributed by atoms with van der Waals surface area (Å²) >= 11 is 3.15. The fraction of sp³-hybridized carbons (Fsp3) is 0.150. The van der Waals surface area contributed by atoms with Crippen LogP contribution in [0.1, 0.15) is 23.1 Å². The van der Waals surface area contributed by atoms with Crippen molar-refractivity contribution in [1.29, 1.82) is 0 Å². The zero-order valence-electron chi connectivity index (χ0n) is 15.0. The predicted molar refractivity (Wildman–Crippen MR) is 109 cm³/mol. The van der Waals surface area contributed by atoms with Crippen LogP contribution in [0.2, 0.25) is 0 Å². The fourth-order valence-electron chi connectivity index (χ4n) is 2.89. The van der Waals surface area contributed by atoms with Gasteiger partial charge in [0, 0.05) is 24.8 Å². The Kier molecular flexibility index (Phi) is 5.31. The summed E-state index contributed by atoms with van der Waals surface area (Å²) in [6, 6.07) is 9.60. The number of imidazole rings is 1. The molecule has 142 valence electrons. The number of nitrogens with zero attached hydrogens (tertiary/aromatic N) is 3. The minimum Gasteiger partial charge on any atom is -0.342 e. The maximum atomic E-state index is 13.3. The lowest BCUT2D eigenvalue weighted by molar-refractivity contribution is -0.121. The van der Waals surface area contributed by atoms with E-state index in [1.807, 2.05) is 40.7 Å². The number of aryl methyl sites for hydroxylation is 1. The summed E-state index contributed by atoms with van der Waals surface area (Å²) in [5, 5.41) is 7.83. The summed E-state index contributed by atoms with van der Waals surface area (Å²) in [5.41, 5.74) is 1.49. The van der Waals surface area contributed by atoms with Crippen molar-refractivity contribution in [1.82, 2.24) is 19.9 Å². The van der Waals surface area contributed by atoms with Crippen LogP contribution in [0.25, 0.3) is 9.88 Å². The van der Waals surface area contributed by atoms with Crippen LogP contribution < -0.4 is 5.32 Å². The van der Waals surface area contributed by atoms with Crippen LogP contribution in [0.5, 0.6) is 0 Å². The molecule has 3 heterocycles. The molecule has 8 heteroatoms. The van der Waals surface area contributed by atoms with Crippen molar-refractivity contribution in [2.24, 2.45) is 7.05 Å². The lowest BCUT2D eigenvalue weighted by atomic mass is 10.1. The summed E-state index contributed by atoms with van der Waals surface area (Å²) in [7, 11) is 1.86. The molecule has 0 saturated heterocycles. The van der Waals surface area contributed by atoms with Gasteiger partial charge < -0.3 is 9.88 Å². The highest BCUT2D eigenvalue weighted by Gasteiger charge is 2.21. The standard InChI is InChI=1S/C20H17FN4OS2/c1-25-9-8-22-19(25)18(13-4-6-14(21)7-5-13)24-17(26)11-15-12-28-20(23-15)16-3-2-10-27-16/h2-10,12,18H,11H2,1H3,(H,24,26). The molecule has 4 aromatic rings. The minimum atomic E-state index is -0.469. The number of carbonyl (C=O) groups excluding carboxylic acids is 1. The number of hydrogen-bond acceptors (Lipinski definition) is 5. The van der Waals surface area contributed by atoms with Gasteiger partial charge in [0.15, 0.2) is 0 Å². The van der Waals surface area contributed by atoms with Crippen LogP contribution in [-0.4, -0.2) is 20.4 Å². The minimum absolute atomic E-state index is 0.166. The van der Waals surface area contributed by atoms with Crippen molar-refractivity contribution in [2.45, 2.75) is 12.5 Å². The van der Waals surface area contributed by atoms with E-state index in [2.05, 4.69) is 15.3 Å². The van der Waals surface area contributed by atoms with E-state index in [0.717, 1.165) is 21.1 Å². The number of aromatic nitrogens is 3. The highest BCUT2D eigenvalue weighted by Crippen LogP contribution is 2.28. The Labute approximate surface area is 169 Å². The molecule has 4 rings (SSSR count). The summed E-state index contributed by atoms with van der Waals surface area (Å²) < 4.78 is 15.2. The van der Waals surface area contributed by atoms with Crippen LogP contribution in [0.4, 0.5) is 4.39 Å². The van der Waals surface area contributed by atoms with E-state index in [1.54, 1.807) is 29.7 Å². The molecule has 0 aliphatic rings. The first-order chi connectivity index (χ1) is 13.6. The number of hydrogen-bond donors (Lipinski definition) is 1. The van der Waals surface area contributed by atoms with Crippen LogP contribution in [0.3, 0.4) is 0 Å². The number of thiophene rings is 1. The Morgan fingerprint density at radius 1 is 1.25 bits per heavy atom. The zero-order valence-corrected chi connectivity index (χ0v) is 16.6. The highest BCUT2D eigenvalue weighted by molar-refractivity contribution is 7.20. The van der Waals surface area contributed by atoms with Gasteiger partial charge in [0.1, 0.15) is 22.7 Å². The van der Waals surface area contributed by atoms with Crippen molar-refractivity contribution in [2.75, 3.05) is 0 Å². The number of benzene rings is 1. The Hall–Kier alpha value is -2.84. The molecule has 1 aromatic carbocycles. The Morgan fingerprint density at radius 3 is 2.75 bits per heavy atom. The normalized spacial score (nSPS) is 12.1. The van der Waals surface area contributed by atoms with E-state index in [0.29, 0.717) is 5.82 Å². The monoisotopic (exact) mass is 412 g/mol. The largest absolute Gasteiger partial charge is 0.342 e. The quantitative estimate of drug-likeness (QED) is 0.517. The van der Waals surface area contributed by atoms with E-state index in [-0.39, 0.29) is 18.1 Å². The first-order valence-corrected chi connectivity index (χ1v) is 10.4. The van der Waals surface area contributed by atoms with Crippen molar-refractivity contribution in [3.05, 3.63) is 82.5 Å². The third-order valence-electron chi connectivity index (χ3n) is 4.25. The summed E-state index contributed by atoms with van der Waals surface area (Å²) in [5.74, 6) is 0.190. The average Bonchev–Trinajstić information content (AvgIpc) is 3.42. The van der Waals surface area contributed by atoms with Gasteiger partial charge in [-0.25, -0.2) is 14.4 Å². The van der Waals surface area contributed by atoms with Gasteiger partial charge in [0.25, 0.3) is 0 Å². The summed E-state index contributed by atoms with van der Waals surface area (Å²) in [4.78, 5) is 22.7. The first kappa shape index (κ1) is 18.5. The van der Waals surface area contributed by atoms with E-state index in [9.17, 15) is 9.18 Å². The zero-order chi connectivity index (χ0) is 19.5. The third kappa shape index (κ3) is 4.02. The topological polar surface area (TPSA) is 59.8 Å². The molecule has 0 spiro atoms. The molecule has 0 radical (unpaired) electrons. The second-order valence-corrected chi connectivity index (χ2v) is 8.05. The smallest absolute Gasteiger partial charge is 0.226 e. The van der Waals surface area contributed by atoms with Crippen molar-refractivity contribution >= 4 is 28.6 Å². The molecule has 0 fully saturated rings. The van der Waals surface area contributed by atoms with Gasteiger partial charge in [0.05, 0.1) is 17.0 Å². The average molecular weight is 413 g/mol. The van der Waals surface area contributed by atoms with Gasteiger partial charge in [-0.15, -0.1) is 22.7 Å². The number of amides is 1. The van der Waals surface area contributed by atoms with E-state index in [1.165, 1.54) is 23.5 Å². The second-order valence-electron chi connectivity index (χ2n) is 6.25. The second kappa shape index (κ2) is 8.04. The fourth-order valence-corrected chi connectivity index (χ4v) is 4.52. The van der Waals surface area contributed by atoms with Gasteiger partial charge in [-0.2, -0.15) is 0 Å². The molecule has 1 amide bonds. The van der Waals surface area contributed by atoms with Gasteiger partial charge in [0.2, 0.25) is 5.91 Å². The highest BCUT2D eigenvalue weighted by atomic mass is 32.1. The molecule has 3 aromatic heterocycles. The molecule has 28 heavy (non-hydrogen) atoms. The van der Waals surface area contributed by atoms with Gasteiger partial charge in [-0.05, 0) is 29.1 Å². The lowest BCUT2D eigenvalue weighted by Gasteiger charge is -2.19. The van der Waals surface area contributed by atoms with Crippen molar-refractivity contribution in [3.63, 3.8) is 0 Å². The number of rotatable bonds is 6. The van der Waals surface area contributed by atoms with Crippen LogP contribution in [0, 0.1) is 5.82 Å². The van der Waals surface area contributed by atoms with E-state index >= 15 is 0 Å². The molecular formula is C20H17FN4OS2. The molecular weight excluding hydrogens is 395 g/mol. The number of carbonyl (C=O) groups is 1. The predicted octanol–water partition coefficient (Wildman–Crippen LogP) is 4.19. The van der Waals surface area contributed by atoms with E-state index in [4.69, 9.17) is 0 Å². The van der Waals surface area contributed by atoms with Crippen LogP contribution in [0.15, 0.2) is 59.6 Å². The van der Waals surface area contributed by atoms with E-state index < -0.39 is 6.04 Å². The molecule has 1 N–H and O–H groups in total. The summed E-state index contributed by atoms with van der Waals surface area (Å²) in [6.45, 7) is 0. The van der Waals surface area contributed by atoms with Crippen molar-refractivity contribution in [3.8, 4) is 9.88 Å². The Bertz CT molecular complexity index is 1070. The molecule has 1 unspecified atom stereocenters. The molecule has 5 nitrogen and oxygen atoms in total. The van der Waals surface area contributed by atoms with Gasteiger partial charge in [-0.3, -0.25) is 4.79 Å². The Balaban J connectivity index is 1.52. The molecule has 0 bridgehead atoms. The SMILES string of the molecule is Cn1ccnc1C(NC(=O)Cc1csc(-c2cccs2)n1)c1ccc(F)cc1. The first-order valence-electron chi connectivity index (χ1n) is 8.60. The number of thiazole rings is 1. The van der Waals surface area contributed by atoms with Crippen LogP contribution in [-0.2, 0) is 18.3 Å².